The van der Waals surface area contributed by atoms with Gasteiger partial charge in [-0.1, -0.05) is 25.3 Å². The van der Waals surface area contributed by atoms with Crippen molar-refractivity contribution in [1.29, 1.82) is 0 Å². The molecule has 1 aromatic rings. The van der Waals surface area contributed by atoms with Gasteiger partial charge in [0.25, 0.3) is 0 Å². The van der Waals surface area contributed by atoms with Crippen LogP contribution in [-0.2, 0) is 14.9 Å². The van der Waals surface area contributed by atoms with Crippen LogP contribution in [0.2, 0.25) is 0 Å². The highest BCUT2D eigenvalue weighted by molar-refractivity contribution is 5.82. The van der Waals surface area contributed by atoms with E-state index in [4.69, 9.17) is 14.2 Å². The molecule has 1 N–H and O–H groups in total. The van der Waals surface area contributed by atoms with E-state index in [-0.39, 0.29) is 6.10 Å². The fourth-order valence-electron chi connectivity index (χ4n) is 3.31. The number of carbonyl (C=O) groups is 1. The third-order valence-electron chi connectivity index (χ3n) is 4.73. The SMILES string of the molecule is COc1ccc(C2(C(=O)O)CCCCC2)cc1OC1COC1. The first kappa shape index (κ1) is 15.2. The van der Waals surface area contributed by atoms with Crippen molar-refractivity contribution in [2.45, 2.75) is 43.6 Å². The number of carboxylic acid groups (broad SMARTS) is 1. The monoisotopic (exact) mass is 306 g/mol. The van der Waals surface area contributed by atoms with Gasteiger partial charge in [-0.25, -0.2) is 0 Å². The Morgan fingerprint density at radius 1 is 1.23 bits per heavy atom. The Bertz CT molecular complexity index is 544. The first-order chi connectivity index (χ1) is 10.7. The molecule has 1 aromatic carbocycles. The van der Waals surface area contributed by atoms with Crippen molar-refractivity contribution in [3.63, 3.8) is 0 Å². The van der Waals surface area contributed by atoms with Crippen molar-refractivity contribution in [3.8, 4) is 11.5 Å². The molecular formula is C17H22O5. The number of carboxylic acids is 1. The molecule has 0 aromatic heterocycles. The second-order valence-corrected chi connectivity index (χ2v) is 6.09. The highest BCUT2D eigenvalue weighted by Gasteiger charge is 2.41. The standard InChI is InChI=1S/C17H22O5/c1-20-14-6-5-12(9-15(14)22-13-10-21-11-13)17(16(18)19)7-3-2-4-8-17/h5-6,9,13H,2-4,7-8,10-11H2,1H3,(H,18,19). The molecule has 0 amide bonds. The number of aliphatic carboxylic acids is 1. The lowest BCUT2D eigenvalue weighted by Gasteiger charge is -2.34. The molecule has 1 aliphatic carbocycles. The molecule has 5 nitrogen and oxygen atoms in total. The van der Waals surface area contributed by atoms with Gasteiger partial charge in [0, 0.05) is 0 Å². The molecule has 3 rings (SSSR count). The quantitative estimate of drug-likeness (QED) is 0.906. The number of rotatable bonds is 5. The predicted octanol–water partition coefficient (Wildman–Crippen LogP) is 2.76. The average Bonchev–Trinajstić information content (AvgIpc) is 2.51. The number of benzene rings is 1. The first-order valence-electron chi connectivity index (χ1n) is 7.82. The highest BCUT2D eigenvalue weighted by Crippen LogP contribution is 2.42. The van der Waals surface area contributed by atoms with Crippen molar-refractivity contribution in [2.75, 3.05) is 20.3 Å². The van der Waals surface area contributed by atoms with Crippen LogP contribution >= 0.6 is 0 Å². The fraction of sp³-hybridized carbons (Fsp3) is 0.588. The molecular weight excluding hydrogens is 284 g/mol. The lowest BCUT2D eigenvalue weighted by molar-refractivity contribution is -0.145. The zero-order valence-corrected chi connectivity index (χ0v) is 12.8. The van der Waals surface area contributed by atoms with Gasteiger partial charge in [-0.2, -0.15) is 0 Å². The molecule has 0 spiro atoms. The van der Waals surface area contributed by atoms with Crippen LogP contribution < -0.4 is 9.47 Å². The average molecular weight is 306 g/mol. The van der Waals surface area contributed by atoms with Gasteiger partial charge >= 0.3 is 5.97 Å². The molecule has 5 heteroatoms. The minimum Gasteiger partial charge on any atom is -0.493 e. The van der Waals surface area contributed by atoms with Crippen molar-refractivity contribution in [1.82, 2.24) is 0 Å². The second kappa shape index (κ2) is 6.16. The summed E-state index contributed by atoms with van der Waals surface area (Å²) < 4.78 is 16.3. The maximum atomic E-state index is 11.9. The summed E-state index contributed by atoms with van der Waals surface area (Å²) in [7, 11) is 1.59. The van der Waals surface area contributed by atoms with Gasteiger partial charge < -0.3 is 19.3 Å². The van der Waals surface area contributed by atoms with E-state index in [0.717, 1.165) is 24.8 Å². The summed E-state index contributed by atoms with van der Waals surface area (Å²) >= 11 is 0. The van der Waals surface area contributed by atoms with E-state index in [9.17, 15) is 9.90 Å². The van der Waals surface area contributed by atoms with Crippen LogP contribution in [0.1, 0.15) is 37.7 Å². The third-order valence-corrected chi connectivity index (χ3v) is 4.73. The van der Waals surface area contributed by atoms with E-state index in [1.165, 1.54) is 0 Å². The minimum atomic E-state index is -0.793. The Hall–Kier alpha value is -1.75. The summed E-state index contributed by atoms with van der Waals surface area (Å²) in [6.45, 7) is 1.13. The van der Waals surface area contributed by atoms with Crippen LogP contribution in [0.25, 0.3) is 0 Å². The van der Waals surface area contributed by atoms with Crippen LogP contribution in [-0.4, -0.2) is 37.5 Å². The van der Waals surface area contributed by atoms with E-state index in [1.54, 1.807) is 7.11 Å². The molecule has 1 heterocycles. The molecule has 22 heavy (non-hydrogen) atoms. The molecule has 2 aliphatic rings. The summed E-state index contributed by atoms with van der Waals surface area (Å²) in [6.07, 6.45) is 4.39. The molecule has 2 fully saturated rings. The molecule has 1 aliphatic heterocycles. The second-order valence-electron chi connectivity index (χ2n) is 6.09. The van der Waals surface area contributed by atoms with Crippen LogP contribution in [0.5, 0.6) is 11.5 Å². The van der Waals surface area contributed by atoms with Crippen LogP contribution in [0, 0.1) is 0 Å². The zero-order valence-electron chi connectivity index (χ0n) is 12.8. The van der Waals surface area contributed by atoms with Gasteiger partial charge in [0.05, 0.1) is 25.7 Å². The Balaban J connectivity index is 1.94. The first-order valence-corrected chi connectivity index (χ1v) is 7.82. The zero-order chi connectivity index (χ0) is 15.6. The van der Waals surface area contributed by atoms with Gasteiger partial charge in [-0.3, -0.25) is 4.79 Å². The lowest BCUT2D eigenvalue weighted by Crippen LogP contribution is -2.39. The van der Waals surface area contributed by atoms with Gasteiger partial charge in [0.1, 0.15) is 6.10 Å². The summed E-state index contributed by atoms with van der Waals surface area (Å²) in [6, 6.07) is 5.52. The van der Waals surface area contributed by atoms with Crippen LogP contribution in [0.3, 0.4) is 0 Å². The summed E-state index contributed by atoms with van der Waals surface area (Å²) in [5.41, 5.74) is 0.0226. The third kappa shape index (κ3) is 2.65. The summed E-state index contributed by atoms with van der Waals surface area (Å²) in [5.74, 6) is 0.502. The molecule has 0 bridgehead atoms. The largest absolute Gasteiger partial charge is 0.493 e. The van der Waals surface area contributed by atoms with E-state index >= 15 is 0 Å². The molecule has 1 saturated carbocycles. The maximum absolute atomic E-state index is 11.9. The van der Waals surface area contributed by atoms with E-state index in [2.05, 4.69) is 0 Å². The Labute approximate surface area is 130 Å². The van der Waals surface area contributed by atoms with Crippen molar-refractivity contribution < 1.29 is 24.1 Å². The number of methoxy groups -OCH3 is 1. The molecule has 0 unspecified atom stereocenters. The topological polar surface area (TPSA) is 65.0 Å². The molecule has 0 radical (unpaired) electrons. The Morgan fingerprint density at radius 3 is 2.50 bits per heavy atom. The van der Waals surface area contributed by atoms with Crippen molar-refractivity contribution in [3.05, 3.63) is 23.8 Å². The van der Waals surface area contributed by atoms with Gasteiger partial charge in [0.2, 0.25) is 0 Å². The summed E-state index contributed by atoms with van der Waals surface area (Å²) in [5, 5.41) is 9.81. The van der Waals surface area contributed by atoms with Gasteiger partial charge in [-0.05, 0) is 30.5 Å². The lowest BCUT2D eigenvalue weighted by atomic mass is 9.69. The minimum absolute atomic E-state index is 0.0243. The van der Waals surface area contributed by atoms with Gasteiger partial charge in [-0.15, -0.1) is 0 Å². The van der Waals surface area contributed by atoms with E-state index in [1.807, 2.05) is 18.2 Å². The Morgan fingerprint density at radius 2 is 1.95 bits per heavy atom. The van der Waals surface area contributed by atoms with Crippen molar-refractivity contribution >= 4 is 5.97 Å². The van der Waals surface area contributed by atoms with Crippen LogP contribution in [0.15, 0.2) is 18.2 Å². The van der Waals surface area contributed by atoms with Crippen LogP contribution in [0.4, 0.5) is 0 Å². The Kier molecular flexibility index (Phi) is 4.25. The van der Waals surface area contributed by atoms with Gasteiger partial charge in [0.15, 0.2) is 11.5 Å². The molecule has 120 valence electrons. The van der Waals surface area contributed by atoms with E-state index in [0.29, 0.717) is 37.6 Å². The fourth-order valence-corrected chi connectivity index (χ4v) is 3.31. The summed E-state index contributed by atoms with van der Waals surface area (Å²) in [4.78, 5) is 11.9. The maximum Gasteiger partial charge on any atom is 0.314 e. The van der Waals surface area contributed by atoms with E-state index < -0.39 is 11.4 Å². The van der Waals surface area contributed by atoms with Crippen molar-refractivity contribution in [2.24, 2.45) is 0 Å². The molecule has 1 saturated heterocycles. The smallest absolute Gasteiger partial charge is 0.314 e. The predicted molar refractivity (Wildman–Crippen MR) is 80.6 cm³/mol. The highest BCUT2D eigenvalue weighted by atomic mass is 16.6. The number of hydrogen-bond donors (Lipinski definition) is 1. The molecule has 0 atom stereocenters. The number of hydrogen-bond acceptors (Lipinski definition) is 4. The normalized spacial score (nSPS) is 21.0. The number of ether oxygens (including phenoxy) is 3.